The van der Waals surface area contributed by atoms with Crippen LogP contribution in [0.4, 0.5) is 23.2 Å². The Bertz CT molecular complexity index is 809. The molecule has 2 aromatic carbocycles. The highest BCUT2D eigenvalue weighted by atomic mass is 19.2. The first-order chi connectivity index (χ1) is 12.4. The molecule has 5 nitrogen and oxygen atoms in total. The molecule has 0 saturated heterocycles. The van der Waals surface area contributed by atoms with Crippen LogP contribution in [0, 0.1) is 23.3 Å². The number of benzene rings is 2. The fourth-order valence-corrected chi connectivity index (χ4v) is 1.99. The molecule has 3 N–H and O–H groups in total. The number of carbonyl (C=O) groups excluding carboxylic acids is 1. The Labute approximate surface area is 147 Å². The monoisotopic (exact) mass is 368 g/mol. The van der Waals surface area contributed by atoms with E-state index >= 15 is 0 Å². The van der Waals surface area contributed by atoms with Gasteiger partial charge in [0.25, 0.3) is 0 Å². The van der Waals surface area contributed by atoms with Crippen molar-refractivity contribution in [2.75, 3.05) is 18.9 Å². The Hall–Kier alpha value is -3.10. The lowest BCUT2D eigenvalue weighted by atomic mass is 10.2. The Morgan fingerprint density at radius 3 is 2.31 bits per heavy atom. The number of nitrogens with zero attached hydrogens (tertiary/aromatic N) is 1. The zero-order chi connectivity index (χ0) is 19.1. The molecule has 0 fully saturated rings. The van der Waals surface area contributed by atoms with Crippen LogP contribution in [0.2, 0.25) is 0 Å². The average Bonchev–Trinajstić information content (AvgIpc) is 2.64. The molecule has 0 atom stereocenters. The number of hydrogen-bond donors (Lipinski definition) is 3. The molecule has 138 valence electrons. The number of anilines is 1. The van der Waals surface area contributed by atoms with Gasteiger partial charge in [0.05, 0.1) is 12.2 Å². The minimum absolute atomic E-state index is 0.273. The molecular formula is C17H16F4N4O. The van der Waals surface area contributed by atoms with Gasteiger partial charge in [-0.15, -0.1) is 0 Å². The van der Waals surface area contributed by atoms with Crippen LogP contribution >= 0.6 is 0 Å². The van der Waals surface area contributed by atoms with Crippen LogP contribution in [0.1, 0.15) is 5.56 Å². The van der Waals surface area contributed by atoms with E-state index in [1.165, 1.54) is 19.2 Å². The molecule has 2 rings (SSSR count). The molecule has 0 bridgehead atoms. The molecule has 0 heterocycles. The van der Waals surface area contributed by atoms with E-state index in [0.717, 1.165) is 11.6 Å². The third-order valence-corrected chi connectivity index (χ3v) is 3.32. The first kappa shape index (κ1) is 19.2. The SMILES string of the molecule is CN=C(NCC(=O)Nc1ccc(F)c(F)c1F)NCc1ccc(F)cc1. The van der Waals surface area contributed by atoms with Gasteiger partial charge in [-0.05, 0) is 29.8 Å². The summed E-state index contributed by atoms with van der Waals surface area (Å²) in [5.74, 6) is -5.24. The summed E-state index contributed by atoms with van der Waals surface area (Å²) < 4.78 is 52.3. The first-order valence-electron chi connectivity index (χ1n) is 7.53. The number of amides is 1. The molecule has 9 heteroatoms. The summed E-state index contributed by atoms with van der Waals surface area (Å²) in [4.78, 5) is 15.7. The van der Waals surface area contributed by atoms with Gasteiger partial charge in [0, 0.05) is 13.6 Å². The maximum absolute atomic E-state index is 13.5. The van der Waals surface area contributed by atoms with E-state index in [4.69, 9.17) is 0 Å². The second-order valence-corrected chi connectivity index (χ2v) is 5.18. The highest BCUT2D eigenvalue weighted by Gasteiger charge is 2.15. The Balaban J connectivity index is 1.85. The van der Waals surface area contributed by atoms with Crippen LogP contribution < -0.4 is 16.0 Å². The molecule has 0 aromatic heterocycles. The summed E-state index contributed by atoms with van der Waals surface area (Å²) >= 11 is 0. The van der Waals surface area contributed by atoms with E-state index < -0.39 is 29.0 Å². The standard InChI is InChI=1S/C17H16F4N4O/c1-22-17(23-8-10-2-4-11(18)5-3-10)24-9-14(26)25-13-7-6-12(19)15(20)16(13)21/h2-7H,8-9H2,1H3,(H,25,26)(H2,22,23,24). The van der Waals surface area contributed by atoms with Crippen molar-refractivity contribution in [2.24, 2.45) is 4.99 Å². The molecule has 2 aromatic rings. The third-order valence-electron chi connectivity index (χ3n) is 3.32. The highest BCUT2D eigenvalue weighted by Crippen LogP contribution is 2.19. The lowest BCUT2D eigenvalue weighted by molar-refractivity contribution is -0.115. The number of halogens is 4. The van der Waals surface area contributed by atoms with E-state index in [1.54, 1.807) is 12.1 Å². The van der Waals surface area contributed by atoms with Crippen LogP contribution in [0.3, 0.4) is 0 Å². The summed E-state index contributed by atoms with van der Waals surface area (Å²) in [6, 6.07) is 7.45. The fraction of sp³-hybridized carbons (Fsp3) is 0.176. The van der Waals surface area contributed by atoms with E-state index in [1.807, 2.05) is 0 Å². The van der Waals surface area contributed by atoms with Gasteiger partial charge in [-0.3, -0.25) is 9.79 Å². The predicted octanol–water partition coefficient (Wildman–Crippen LogP) is 2.55. The number of guanidine groups is 1. The van der Waals surface area contributed by atoms with Crippen LogP contribution in [0.5, 0.6) is 0 Å². The van der Waals surface area contributed by atoms with Crippen LogP contribution in [-0.4, -0.2) is 25.5 Å². The van der Waals surface area contributed by atoms with Crippen molar-refractivity contribution in [1.29, 1.82) is 0 Å². The zero-order valence-corrected chi connectivity index (χ0v) is 13.7. The quantitative estimate of drug-likeness (QED) is 0.329. The van der Waals surface area contributed by atoms with Gasteiger partial charge >= 0.3 is 0 Å². The maximum Gasteiger partial charge on any atom is 0.243 e. The maximum atomic E-state index is 13.5. The number of nitrogens with one attached hydrogen (secondary N) is 3. The third kappa shape index (κ3) is 5.20. The summed E-state index contributed by atoms with van der Waals surface area (Å²) in [5, 5.41) is 7.71. The highest BCUT2D eigenvalue weighted by molar-refractivity contribution is 5.95. The molecule has 0 aliphatic carbocycles. The average molecular weight is 368 g/mol. The molecule has 26 heavy (non-hydrogen) atoms. The second-order valence-electron chi connectivity index (χ2n) is 5.18. The van der Waals surface area contributed by atoms with Gasteiger partial charge < -0.3 is 16.0 Å². The summed E-state index contributed by atoms with van der Waals surface area (Å²) in [5.41, 5.74) is 0.326. The van der Waals surface area contributed by atoms with Crippen molar-refractivity contribution in [3.8, 4) is 0 Å². The predicted molar refractivity (Wildman–Crippen MR) is 89.5 cm³/mol. The molecule has 1 amide bonds. The first-order valence-corrected chi connectivity index (χ1v) is 7.53. The smallest absolute Gasteiger partial charge is 0.243 e. The van der Waals surface area contributed by atoms with Crippen molar-refractivity contribution in [1.82, 2.24) is 10.6 Å². The Morgan fingerprint density at radius 2 is 1.65 bits per heavy atom. The lowest BCUT2D eigenvalue weighted by Crippen LogP contribution is -2.41. The minimum atomic E-state index is -1.66. The largest absolute Gasteiger partial charge is 0.352 e. The summed E-state index contributed by atoms with van der Waals surface area (Å²) in [6.07, 6.45) is 0. The minimum Gasteiger partial charge on any atom is -0.352 e. The van der Waals surface area contributed by atoms with Crippen LogP contribution in [0.15, 0.2) is 41.4 Å². The van der Waals surface area contributed by atoms with E-state index in [0.29, 0.717) is 12.6 Å². The molecule has 0 aliphatic rings. The number of hydrogen-bond acceptors (Lipinski definition) is 2. The van der Waals surface area contributed by atoms with Crippen molar-refractivity contribution in [2.45, 2.75) is 6.54 Å². The van der Waals surface area contributed by atoms with Gasteiger partial charge in [0.2, 0.25) is 5.91 Å². The lowest BCUT2D eigenvalue weighted by Gasteiger charge is -2.12. The zero-order valence-electron chi connectivity index (χ0n) is 13.7. The molecule has 0 spiro atoms. The van der Waals surface area contributed by atoms with Crippen molar-refractivity contribution in [3.05, 3.63) is 65.2 Å². The molecular weight excluding hydrogens is 352 g/mol. The van der Waals surface area contributed by atoms with Crippen molar-refractivity contribution >= 4 is 17.6 Å². The topological polar surface area (TPSA) is 65.5 Å². The van der Waals surface area contributed by atoms with Crippen molar-refractivity contribution in [3.63, 3.8) is 0 Å². The molecule has 0 aliphatic heterocycles. The molecule has 0 radical (unpaired) electrons. The van der Waals surface area contributed by atoms with Crippen molar-refractivity contribution < 1.29 is 22.4 Å². The Kier molecular flexibility index (Phi) is 6.54. The van der Waals surface area contributed by atoms with Gasteiger partial charge in [-0.25, -0.2) is 17.6 Å². The Morgan fingerprint density at radius 1 is 0.962 bits per heavy atom. The van der Waals surface area contributed by atoms with Crippen LogP contribution in [-0.2, 0) is 11.3 Å². The van der Waals surface area contributed by atoms with Gasteiger partial charge in [0.1, 0.15) is 5.82 Å². The van der Waals surface area contributed by atoms with Gasteiger partial charge in [0.15, 0.2) is 23.4 Å². The number of carbonyl (C=O) groups is 1. The second kappa shape index (κ2) is 8.84. The van der Waals surface area contributed by atoms with E-state index in [2.05, 4.69) is 20.9 Å². The normalized spacial score (nSPS) is 11.2. The van der Waals surface area contributed by atoms with Gasteiger partial charge in [-0.2, -0.15) is 0 Å². The van der Waals surface area contributed by atoms with Gasteiger partial charge in [-0.1, -0.05) is 12.1 Å². The van der Waals surface area contributed by atoms with E-state index in [-0.39, 0.29) is 18.3 Å². The summed E-state index contributed by atoms with van der Waals surface area (Å²) in [7, 11) is 1.48. The number of rotatable bonds is 5. The summed E-state index contributed by atoms with van der Waals surface area (Å²) in [6.45, 7) is 0.0426. The fourth-order valence-electron chi connectivity index (χ4n) is 1.99. The number of aliphatic imine (C=N–C) groups is 1. The molecule has 0 unspecified atom stereocenters. The molecule has 0 saturated carbocycles. The van der Waals surface area contributed by atoms with Crippen LogP contribution in [0.25, 0.3) is 0 Å². The van der Waals surface area contributed by atoms with E-state index in [9.17, 15) is 22.4 Å².